The first-order valence-electron chi connectivity index (χ1n) is 25.0. The van der Waals surface area contributed by atoms with E-state index in [9.17, 15) is 14.4 Å². The van der Waals surface area contributed by atoms with Gasteiger partial charge in [-0.15, -0.1) is 0 Å². The highest BCUT2D eigenvalue weighted by molar-refractivity contribution is 5.71. The predicted molar refractivity (Wildman–Crippen MR) is 238 cm³/mol. The first-order valence-corrected chi connectivity index (χ1v) is 25.0. The first-order chi connectivity index (χ1) is 27.5. The Kier molecular flexibility index (Phi) is 44.8. The standard InChI is InChI=1S/C50H96O6/c1-4-7-10-13-16-19-20-21-22-23-24-25-26-27-28-29-32-34-37-40-43-49(52)55-46-47(56-50(53)44-41-38-35-31-18-15-12-9-6-3)45-54-48(51)42-39-36-33-30-17-14-11-8-5-2/h47H,4-46H2,1-3H3. The lowest BCUT2D eigenvalue weighted by Gasteiger charge is -2.18. The average Bonchev–Trinajstić information content (AvgIpc) is 3.19. The zero-order valence-corrected chi connectivity index (χ0v) is 37.9. The highest BCUT2D eigenvalue weighted by Crippen LogP contribution is 2.17. The molecule has 0 heterocycles. The molecule has 1 atom stereocenters. The maximum absolute atomic E-state index is 12.7. The van der Waals surface area contributed by atoms with E-state index in [1.165, 1.54) is 186 Å². The van der Waals surface area contributed by atoms with E-state index >= 15 is 0 Å². The fourth-order valence-corrected chi connectivity index (χ4v) is 7.56. The molecular formula is C50H96O6. The monoisotopic (exact) mass is 793 g/mol. The van der Waals surface area contributed by atoms with E-state index in [4.69, 9.17) is 14.2 Å². The highest BCUT2D eigenvalue weighted by Gasteiger charge is 2.19. The summed E-state index contributed by atoms with van der Waals surface area (Å²) in [4.78, 5) is 37.7. The number of carbonyl (C=O) groups is 3. The molecule has 0 N–H and O–H groups in total. The fraction of sp³-hybridized carbons (Fsp3) is 0.940. The van der Waals surface area contributed by atoms with Crippen molar-refractivity contribution in [1.82, 2.24) is 0 Å². The summed E-state index contributed by atoms with van der Waals surface area (Å²) in [5.74, 6) is -0.852. The highest BCUT2D eigenvalue weighted by atomic mass is 16.6. The minimum absolute atomic E-state index is 0.0627. The van der Waals surface area contributed by atoms with Crippen LogP contribution in [0.2, 0.25) is 0 Å². The van der Waals surface area contributed by atoms with Gasteiger partial charge in [0.25, 0.3) is 0 Å². The number of unbranched alkanes of at least 4 members (excludes halogenated alkanes) is 35. The van der Waals surface area contributed by atoms with Gasteiger partial charge in [-0.2, -0.15) is 0 Å². The van der Waals surface area contributed by atoms with Crippen LogP contribution in [-0.4, -0.2) is 37.2 Å². The Morgan fingerprint density at radius 1 is 0.286 bits per heavy atom. The summed E-state index contributed by atoms with van der Waals surface area (Å²) in [6, 6.07) is 0. The molecule has 0 spiro atoms. The van der Waals surface area contributed by atoms with E-state index < -0.39 is 6.10 Å². The second-order valence-electron chi connectivity index (χ2n) is 17.1. The lowest BCUT2D eigenvalue weighted by molar-refractivity contribution is -0.167. The van der Waals surface area contributed by atoms with Crippen molar-refractivity contribution in [1.29, 1.82) is 0 Å². The minimum atomic E-state index is -0.757. The van der Waals surface area contributed by atoms with Crippen LogP contribution in [0, 0.1) is 0 Å². The van der Waals surface area contributed by atoms with Gasteiger partial charge in [0.2, 0.25) is 0 Å². The number of esters is 3. The first kappa shape index (κ1) is 54.4. The van der Waals surface area contributed by atoms with Gasteiger partial charge in [-0.1, -0.05) is 245 Å². The maximum Gasteiger partial charge on any atom is 0.306 e. The molecule has 0 aliphatic rings. The summed E-state index contributed by atoms with van der Waals surface area (Å²) in [5, 5.41) is 0. The molecule has 0 aromatic carbocycles. The molecule has 332 valence electrons. The maximum atomic E-state index is 12.7. The fourth-order valence-electron chi connectivity index (χ4n) is 7.56. The largest absolute Gasteiger partial charge is 0.462 e. The molecule has 6 nitrogen and oxygen atoms in total. The molecule has 0 amide bonds. The third-order valence-corrected chi connectivity index (χ3v) is 11.4. The van der Waals surface area contributed by atoms with E-state index in [0.717, 1.165) is 57.8 Å². The van der Waals surface area contributed by atoms with Crippen LogP contribution in [0.25, 0.3) is 0 Å². The molecule has 0 aromatic rings. The Morgan fingerprint density at radius 3 is 0.714 bits per heavy atom. The molecule has 0 rings (SSSR count). The van der Waals surface area contributed by atoms with Crippen molar-refractivity contribution in [2.45, 2.75) is 290 Å². The van der Waals surface area contributed by atoms with Crippen molar-refractivity contribution in [2.24, 2.45) is 0 Å². The summed E-state index contributed by atoms with van der Waals surface area (Å²) < 4.78 is 16.7. The second kappa shape index (κ2) is 46.1. The smallest absolute Gasteiger partial charge is 0.306 e. The van der Waals surface area contributed by atoms with Crippen molar-refractivity contribution in [3.63, 3.8) is 0 Å². The third-order valence-electron chi connectivity index (χ3n) is 11.4. The van der Waals surface area contributed by atoms with Gasteiger partial charge in [-0.3, -0.25) is 14.4 Å². The Hall–Kier alpha value is -1.59. The molecule has 1 unspecified atom stereocenters. The van der Waals surface area contributed by atoms with Crippen molar-refractivity contribution < 1.29 is 28.6 Å². The zero-order valence-electron chi connectivity index (χ0n) is 37.9. The predicted octanol–water partition coefficient (Wildman–Crippen LogP) is 16.0. The van der Waals surface area contributed by atoms with Gasteiger partial charge in [0.1, 0.15) is 13.2 Å². The molecule has 0 aliphatic carbocycles. The summed E-state index contributed by atoms with van der Waals surface area (Å²) in [5.41, 5.74) is 0. The molecular weight excluding hydrogens is 697 g/mol. The van der Waals surface area contributed by atoms with Crippen molar-refractivity contribution in [3.05, 3.63) is 0 Å². The Labute approximate surface area is 348 Å². The van der Waals surface area contributed by atoms with Crippen LogP contribution in [0.15, 0.2) is 0 Å². The van der Waals surface area contributed by atoms with Crippen LogP contribution in [0.4, 0.5) is 0 Å². The van der Waals surface area contributed by atoms with Gasteiger partial charge in [0, 0.05) is 19.3 Å². The Balaban J connectivity index is 4.13. The van der Waals surface area contributed by atoms with Gasteiger partial charge in [-0.25, -0.2) is 0 Å². The quantitative estimate of drug-likeness (QED) is 0.0347. The number of hydrogen-bond acceptors (Lipinski definition) is 6. The van der Waals surface area contributed by atoms with E-state index in [-0.39, 0.29) is 31.1 Å². The molecule has 0 fully saturated rings. The van der Waals surface area contributed by atoms with E-state index in [1.807, 2.05) is 0 Å². The second-order valence-corrected chi connectivity index (χ2v) is 17.1. The van der Waals surface area contributed by atoms with E-state index in [2.05, 4.69) is 20.8 Å². The SMILES string of the molecule is CCCCCCCCCCCCCCCCCCCCCCC(=O)OCC(COC(=O)CCCCCCCCCCC)OC(=O)CCCCCCCCCCC. The van der Waals surface area contributed by atoms with Gasteiger partial charge in [-0.05, 0) is 19.3 Å². The van der Waals surface area contributed by atoms with Gasteiger partial charge >= 0.3 is 17.9 Å². The summed E-state index contributed by atoms with van der Waals surface area (Å²) in [6.07, 6.45) is 48.2. The van der Waals surface area contributed by atoms with Gasteiger partial charge < -0.3 is 14.2 Å². The molecule has 0 aliphatic heterocycles. The van der Waals surface area contributed by atoms with Gasteiger partial charge in [0.05, 0.1) is 0 Å². The van der Waals surface area contributed by atoms with Crippen LogP contribution in [-0.2, 0) is 28.6 Å². The molecule has 0 saturated carbocycles. The molecule has 0 radical (unpaired) electrons. The number of ether oxygens (including phenoxy) is 3. The van der Waals surface area contributed by atoms with E-state index in [0.29, 0.717) is 19.3 Å². The molecule has 0 saturated heterocycles. The molecule has 0 bridgehead atoms. The van der Waals surface area contributed by atoms with Crippen molar-refractivity contribution in [3.8, 4) is 0 Å². The lowest BCUT2D eigenvalue weighted by Crippen LogP contribution is -2.30. The minimum Gasteiger partial charge on any atom is -0.462 e. The van der Waals surface area contributed by atoms with Crippen LogP contribution >= 0.6 is 0 Å². The van der Waals surface area contributed by atoms with E-state index in [1.54, 1.807) is 0 Å². The number of rotatable bonds is 46. The number of hydrogen-bond donors (Lipinski definition) is 0. The summed E-state index contributed by atoms with van der Waals surface area (Å²) in [7, 11) is 0. The Morgan fingerprint density at radius 2 is 0.482 bits per heavy atom. The van der Waals surface area contributed by atoms with Gasteiger partial charge in [0.15, 0.2) is 6.10 Å². The Bertz CT molecular complexity index is 828. The molecule has 0 aromatic heterocycles. The topological polar surface area (TPSA) is 78.9 Å². The zero-order chi connectivity index (χ0) is 40.8. The van der Waals surface area contributed by atoms with Crippen molar-refractivity contribution >= 4 is 17.9 Å². The molecule has 6 heteroatoms. The average molecular weight is 793 g/mol. The molecule has 56 heavy (non-hydrogen) atoms. The summed E-state index contributed by atoms with van der Waals surface area (Å²) >= 11 is 0. The van der Waals surface area contributed by atoms with Crippen molar-refractivity contribution in [2.75, 3.05) is 13.2 Å². The van der Waals surface area contributed by atoms with Crippen LogP contribution in [0.5, 0.6) is 0 Å². The summed E-state index contributed by atoms with van der Waals surface area (Å²) in [6.45, 7) is 6.63. The third kappa shape index (κ3) is 43.5. The normalized spacial score (nSPS) is 11.8. The van der Waals surface area contributed by atoms with Crippen LogP contribution in [0.3, 0.4) is 0 Å². The van der Waals surface area contributed by atoms with Crippen LogP contribution in [0.1, 0.15) is 284 Å². The number of carbonyl (C=O) groups excluding carboxylic acids is 3. The van der Waals surface area contributed by atoms with Crippen LogP contribution < -0.4 is 0 Å². The lowest BCUT2D eigenvalue weighted by atomic mass is 10.0.